The first-order valence-electron chi connectivity index (χ1n) is 19.0. The summed E-state index contributed by atoms with van der Waals surface area (Å²) in [6, 6.07) is 3.99. The van der Waals surface area contributed by atoms with Gasteiger partial charge in [0, 0.05) is 60.4 Å². The smallest absolute Gasteiger partial charge is 0.224 e. The lowest BCUT2D eigenvalue weighted by molar-refractivity contribution is -0.120. The highest BCUT2D eigenvalue weighted by molar-refractivity contribution is 6.11. The molecule has 8 heteroatoms. The second kappa shape index (κ2) is 18.9. The van der Waals surface area contributed by atoms with E-state index in [1.54, 1.807) is 0 Å². The number of anilines is 2. The van der Waals surface area contributed by atoms with Crippen LogP contribution in [0, 0.1) is 6.92 Å². The van der Waals surface area contributed by atoms with E-state index >= 15 is 0 Å². The monoisotopic (exact) mass is 672 g/mol. The Morgan fingerprint density at radius 2 is 1.43 bits per heavy atom. The third-order valence-corrected chi connectivity index (χ3v) is 9.86. The molecule has 4 rings (SSSR count). The second-order valence-corrected chi connectivity index (χ2v) is 13.9. The molecule has 1 atom stereocenters. The molecule has 1 aromatic carbocycles. The fourth-order valence-electron chi connectivity index (χ4n) is 6.95. The third-order valence-electron chi connectivity index (χ3n) is 9.86. The molecule has 0 bridgehead atoms. The number of rotatable bonds is 18. The van der Waals surface area contributed by atoms with Gasteiger partial charge in [0.05, 0.1) is 17.1 Å². The van der Waals surface area contributed by atoms with Gasteiger partial charge < -0.3 is 25.7 Å². The lowest BCUT2D eigenvalue weighted by Crippen LogP contribution is -2.33. The first-order valence-corrected chi connectivity index (χ1v) is 19.0. The van der Waals surface area contributed by atoms with E-state index < -0.39 is 6.10 Å². The molecule has 0 saturated carbocycles. The van der Waals surface area contributed by atoms with E-state index in [9.17, 15) is 19.8 Å². The maximum absolute atomic E-state index is 13.1. The van der Waals surface area contributed by atoms with Gasteiger partial charge in [-0.3, -0.25) is 14.6 Å². The third kappa shape index (κ3) is 9.96. The van der Waals surface area contributed by atoms with Gasteiger partial charge in [-0.1, -0.05) is 72.1 Å². The Kier molecular flexibility index (Phi) is 14.7. The number of nitrogens with one attached hydrogen (secondary N) is 2. The molecule has 2 aliphatic carbocycles. The van der Waals surface area contributed by atoms with Crippen molar-refractivity contribution in [1.29, 1.82) is 0 Å². The number of nitrogens with zero attached hydrogens (tertiary/aromatic N) is 2. The number of aliphatic hydroxyl groups excluding tert-OH is 2. The number of amides is 2. The van der Waals surface area contributed by atoms with Crippen molar-refractivity contribution < 1.29 is 19.8 Å². The number of aliphatic imine (C=N–C) groups is 1. The average molecular weight is 673 g/mol. The summed E-state index contributed by atoms with van der Waals surface area (Å²) < 4.78 is 0. The fraction of sp³-hybridized carbons (Fsp3) is 0.585. The van der Waals surface area contributed by atoms with E-state index in [4.69, 9.17) is 4.99 Å². The van der Waals surface area contributed by atoms with Gasteiger partial charge in [0.15, 0.2) is 0 Å². The van der Waals surface area contributed by atoms with E-state index in [1.807, 2.05) is 38.1 Å². The van der Waals surface area contributed by atoms with Gasteiger partial charge in [-0.05, 0) is 81.4 Å². The molecule has 4 N–H and O–H groups in total. The number of benzene rings is 1. The zero-order chi connectivity index (χ0) is 35.3. The SMILES string of the molecule is CCCCCCC(=O)NC1=CC(=NCCCCC)C(C)=C/C1=C1\C(O)=C(c2cc(C)c(N3CCCC3)cc2NC(=O)CCCCCC)C1O. The first-order chi connectivity index (χ1) is 23.7. The maximum atomic E-state index is 13.1. The predicted octanol–water partition coefficient (Wildman–Crippen LogP) is 9.01. The molecule has 1 fully saturated rings. The van der Waals surface area contributed by atoms with Crippen molar-refractivity contribution in [2.24, 2.45) is 4.99 Å². The van der Waals surface area contributed by atoms with Crippen LogP contribution in [0.4, 0.5) is 11.4 Å². The van der Waals surface area contributed by atoms with Crippen LogP contribution in [0.1, 0.15) is 135 Å². The highest BCUT2D eigenvalue weighted by Crippen LogP contribution is 2.47. The topological polar surface area (TPSA) is 114 Å². The summed E-state index contributed by atoms with van der Waals surface area (Å²) in [5, 5.41) is 29.7. The van der Waals surface area contributed by atoms with Crippen molar-refractivity contribution in [1.82, 2.24) is 5.32 Å². The lowest BCUT2D eigenvalue weighted by Gasteiger charge is -2.34. The molecule has 268 valence electrons. The van der Waals surface area contributed by atoms with Crippen LogP contribution < -0.4 is 15.5 Å². The van der Waals surface area contributed by atoms with Crippen LogP contribution in [-0.4, -0.2) is 53.5 Å². The summed E-state index contributed by atoms with van der Waals surface area (Å²) in [6.07, 6.45) is 17.0. The summed E-state index contributed by atoms with van der Waals surface area (Å²) in [7, 11) is 0. The van der Waals surface area contributed by atoms with Gasteiger partial charge >= 0.3 is 0 Å². The molecule has 3 aliphatic rings. The molecule has 0 spiro atoms. The minimum absolute atomic E-state index is 0.0234. The number of aryl methyl sites for hydroxylation is 1. The second-order valence-electron chi connectivity index (χ2n) is 13.9. The van der Waals surface area contributed by atoms with Gasteiger partial charge in [0.2, 0.25) is 11.8 Å². The minimum Gasteiger partial charge on any atom is -0.507 e. The number of aliphatic hydroxyl groups is 2. The van der Waals surface area contributed by atoms with Crippen molar-refractivity contribution in [2.45, 2.75) is 137 Å². The van der Waals surface area contributed by atoms with Crippen LogP contribution in [0.2, 0.25) is 0 Å². The Balaban J connectivity index is 1.71. The van der Waals surface area contributed by atoms with E-state index in [1.165, 1.54) is 0 Å². The van der Waals surface area contributed by atoms with Crippen molar-refractivity contribution in [3.63, 3.8) is 0 Å². The molecular weight excluding hydrogens is 612 g/mol. The van der Waals surface area contributed by atoms with Gasteiger partial charge in [0.25, 0.3) is 0 Å². The number of unbranched alkanes of at least 4 members (excludes halogenated alkanes) is 8. The highest BCUT2D eigenvalue weighted by Gasteiger charge is 2.40. The molecular formula is C41H60N4O4. The normalized spacial score (nSPS) is 20.0. The number of hydrogen-bond acceptors (Lipinski definition) is 6. The molecule has 8 nitrogen and oxygen atoms in total. The molecule has 0 aromatic heterocycles. The van der Waals surface area contributed by atoms with Crippen molar-refractivity contribution in [2.75, 3.05) is 29.9 Å². The quantitative estimate of drug-likeness (QED) is 0.116. The van der Waals surface area contributed by atoms with E-state index in [-0.39, 0.29) is 17.6 Å². The highest BCUT2D eigenvalue weighted by atomic mass is 16.3. The molecule has 1 aromatic rings. The van der Waals surface area contributed by atoms with Crippen molar-refractivity contribution in [3.8, 4) is 0 Å². The largest absolute Gasteiger partial charge is 0.507 e. The van der Waals surface area contributed by atoms with Crippen LogP contribution in [0.5, 0.6) is 0 Å². The Labute approximate surface area is 294 Å². The predicted molar refractivity (Wildman–Crippen MR) is 203 cm³/mol. The molecule has 1 saturated heterocycles. The molecule has 1 heterocycles. The van der Waals surface area contributed by atoms with E-state index in [2.05, 4.69) is 36.3 Å². The Hall–Kier alpha value is -3.65. The van der Waals surface area contributed by atoms with Gasteiger partial charge in [0.1, 0.15) is 11.9 Å². The number of hydrogen-bond donors (Lipinski definition) is 4. The van der Waals surface area contributed by atoms with Crippen molar-refractivity contribution >= 4 is 34.5 Å². The molecule has 2 amide bonds. The fourth-order valence-corrected chi connectivity index (χ4v) is 6.95. The maximum Gasteiger partial charge on any atom is 0.224 e. The van der Waals surface area contributed by atoms with Crippen LogP contribution >= 0.6 is 0 Å². The summed E-state index contributed by atoms with van der Waals surface area (Å²) in [6.45, 7) is 13.1. The minimum atomic E-state index is -1.11. The van der Waals surface area contributed by atoms with Crippen LogP contribution in [-0.2, 0) is 9.59 Å². The van der Waals surface area contributed by atoms with Crippen LogP contribution in [0.3, 0.4) is 0 Å². The van der Waals surface area contributed by atoms with Crippen molar-refractivity contribution in [3.05, 3.63) is 63.6 Å². The zero-order valence-electron chi connectivity index (χ0n) is 30.7. The van der Waals surface area contributed by atoms with Gasteiger partial charge in [-0.25, -0.2) is 0 Å². The lowest BCUT2D eigenvalue weighted by atomic mass is 9.76. The van der Waals surface area contributed by atoms with Gasteiger partial charge in [-0.2, -0.15) is 0 Å². The number of carbonyl (C=O) groups excluding carboxylic acids is 2. The summed E-state index contributed by atoms with van der Waals surface area (Å²) in [5.74, 6) is -0.178. The Morgan fingerprint density at radius 1 is 0.816 bits per heavy atom. The first kappa shape index (κ1) is 38.2. The Morgan fingerprint density at radius 3 is 2.04 bits per heavy atom. The summed E-state index contributed by atoms with van der Waals surface area (Å²) in [5.41, 5.74) is 6.92. The number of carbonyl (C=O) groups is 2. The molecule has 0 radical (unpaired) electrons. The molecule has 1 aliphatic heterocycles. The van der Waals surface area contributed by atoms with Gasteiger partial charge in [-0.15, -0.1) is 0 Å². The number of allylic oxidation sites excluding steroid dienone is 3. The standard InChI is InChI=1S/C41H60N4O4/c1-6-9-12-14-19-36(46)43-33-26-32(42-21-16-11-8-3)28(4)24-30(33)38-40(48)39(41(38)49)31-25-29(5)35(45-22-17-18-23-45)27-34(31)44-37(47)20-15-13-10-7-2/h24-27,40,48-49H,6-23H2,1-5H3,(H,43,46)(H,44,47)/b38-30+,42-32?. The zero-order valence-corrected chi connectivity index (χ0v) is 30.7. The Bertz CT molecular complexity index is 1490. The van der Waals surface area contributed by atoms with E-state index in [0.717, 1.165) is 119 Å². The summed E-state index contributed by atoms with van der Waals surface area (Å²) >= 11 is 0. The van der Waals surface area contributed by atoms with Crippen LogP contribution in [0.15, 0.2) is 57.5 Å². The average Bonchev–Trinajstić information content (AvgIpc) is 3.61. The summed E-state index contributed by atoms with van der Waals surface area (Å²) in [4.78, 5) is 33.4. The molecule has 49 heavy (non-hydrogen) atoms. The molecule has 1 unspecified atom stereocenters. The van der Waals surface area contributed by atoms with Crippen LogP contribution in [0.25, 0.3) is 5.57 Å². The van der Waals surface area contributed by atoms with E-state index in [0.29, 0.717) is 53.1 Å².